The first kappa shape index (κ1) is 13.0. The largest absolute Gasteiger partial charge is 0.481 e. The number of carboxylic acids is 1. The number of aromatic nitrogens is 1. The van der Waals surface area contributed by atoms with Crippen molar-refractivity contribution in [2.75, 3.05) is 11.9 Å². The van der Waals surface area contributed by atoms with Crippen LogP contribution in [-0.4, -0.2) is 22.6 Å². The molecule has 1 aromatic heterocycles. The Morgan fingerprint density at radius 2 is 2.29 bits per heavy atom. The first-order valence-electron chi connectivity index (χ1n) is 5.54. The summed E-state index contributed by atoms with van der Waals surface area (Å²) in [5, 5.41) is 20.4. The van der Waals surface area contributed by atoms with Crippen LogP contribution in [0.1, 0.15) is 31.2 Å². The topological polar surface area (TPSA) is 86.0 Å². The molecule has 0 spiro atoms. The number of nitriles is 1. The van der Waals surface area contributed by atoms with Gasteiger partial charge in [0.15, 0.2) is 0 Å². The Hall–Kier alpha value is -2.09. The molecule has 0 bridgehead atoms. The number of anilines is 1. The van der Waals surface area contributed by atoms with Crippen molar-refractivity contribution < 1.29 is 9.90 Å². The average molecular weight is 233 g/mol. The molecule has 2 N–H and O–H groups in total. The lowest BCUT2D eigenvalue weighted by atomic mass is 10.2. The van der Waals surface area contributed by atoms with Gasteiger partial charge in [-0.1, -0.05) is 6.42 Å². The number of nitrogens with zero attached hydrogens (tertiary/aromatic N) is 2. The van der Waals surface area contributed by atoms with E-state index < -0.39 is 5.97 Å². The molecule has 0 aliphatic rings. The van der Waals surface area contributed by atoms with Gasteiger partial charge in [0.2, 0.25) is 0 Å². The van der Waals surface area contributed by atoms with E-state index in [2.05, 4.69) is 16.4 Å². The third kappa shape index (κ3) is 4.98. The highest BCUT2D eigenvalue weighted by molar-refractivity contribution is 5.66. The van der Waals surface area contributed by atoms with E-state index in [-0.39, 0.29) is 6.42 Å². The van der Waals surface area contributed by atoms with Crippen molar-refractivity contribution >= 4 is 11.7 Å². The number of rotatable bonds is 7. The minimum atomic E-state index is -0.753. The number of unbranched alkanes of at least 4 members (excludes halogenated alkanes) is 2. The molecule has 0 amide bonds. The maximum atomic E-state index is 10.3. The Kier molecular flexibility index (Phi) is 5.52. The SMILES string of the molecule is N#Cc1ccncc1NCCCCCC(=O)O. The van der Waals surface area contributed by atoms with Gasteiger partial charge in [-0.15, -0.1) is 0 Å². The lowest BCUT2D eigenvalue weighted by Crippen LogP contribution is -2.04. The summed E-state index contributed by atoms with van der Waals surface area (Å²) < 4.78 is 0. The van der Waals surface area contributed by atoms with Gasteiger partial charge in [0.1, 0.15) is 6.07 Å². The maximum Gasteiger partial charge on any atom is 0.303 e. The van der Waals surface area contributed by atoms with E-state index >= 15 is 0 Å². The molecule has 0 aromatic carbocycles. The van der Waals surface area contributed by atoms with Crippen molar-refractivity contribution in [2.24, 2.45) is 0 Å². The fourth-order valence-electron chi connectivity index (χ4n) is 1.43. The van der Waals surface area contributed by atoms with Crippen LogP contribution in [-0.2, 0) is 4.79 Å². The summed E-state index contributed by atoms with van der Waals surface area (Å²) in [6, 6.07) is 3.74. The lowest BCUT2D eigenvalue weighted by Gasteiger charge is -2.06. The molecule has 0 aliphatic heterocycles. The molecule has 0 fully saturated rings. The molecule has 90 valence electrons. The Labute approximate surface area is 100 Å². The Bertz CT molecular complexity index is 412. The van der Waals surface area contributed by atoms with E-state index in [1.165, 1.54) is 0 Å². The predicted molar refractivity (Wildman–Crippen MR) is 63.5 cm³/mol. The standard InChI is InChI=1S/C12H15N3O2/c13-8-10-5-7-14-9-11(10)15-6-3-1-2-4-12(16)17/h5,7,9,15H,1-4,6H2,(H,16,17). The van der Waals surface area contributed by atoms with E-state index in [0.29, 0.717) is 12.0 Å². The minimum Gasteiger partial charge on any atom is -0.481 e. The molecule has 0 radical (unpaired) electrons. The summed E-state index contributed by atoms with van der Waals surface area (Å²) in [5.41, 5.74) is 1.30. The number of hydrogen-bond acceptors (Lipinski definition) is 4. The van der Waals surface area contributed by atoms with Gasteiger partial charge in [-0.05, 0) is 18.9 Å². The van der Waals surface area contributed by atoms with Crippen molar-refractivity contribution in [3.05, 3.63) is 24.0 Å². The van der Waals surface area contributed by atoms with Crippen LogP contribution in [0.4, 0.5) is 5.69 Å². The third-order valence-corrected chi connectivity index (χ3v) is 2.32. The zero-order valence-corrected chi connectivity index (χ0v) is 9.52. The van der Waals surface area contributed by atoms with Gasteiger partial charge in [-0.2, -0.15) is 5.26 Å². The highest BCUT2D eigenvalue weighted by atomic mass is 16.4. The van der Waals surface area contributed by atoms with Crippen LogP contribution in [0.15, 0.2) is 18.5 Å². The highest BCUT2D eigenvalue weighted by Gasteiger charge is 2.00. The zero-order valence-electron chi connectivity index (χ0n) is 9.52. The van der Waals surface area contributed by atoms with Crippen LogP contribution in [0.25, 0.3) is 0 Å². The van der Waals surface area contributed by atoms with E-state index in [1.807, 2.05) is 0 Å². The number of pyridine rings is 1. The summed E-state index contributed by atoms with van der Waals surface area (Å²) in [4.78, 5) is 14.2. The zero-order chi connectivity index (χ0) is 12.5. The molecule has 0 unspecified atom stereocenters. The summed E-state index contributed by atoms with van der Waals surface area (Å²) in [5.74, 6) is -0.753. The second-order valence-electron chi connectivity index (χ2n) is 3.66. The van der Waals surface area contributed by atoms with Gasteiger partial charge in [0.25, 0.3) is 0 Å². The fraction of sp³-hybridized carbons (Fsp3) is 0.417. The molecule has 5 heteroatoms. The van der Waals surface area contributed by atoms with Gasteiger partial charge in [-0.25, -0.2) is 0 Å². The molecule has 0 aliphatic carbocycles. The van der Waals surface area contributed by atoms with E-state index in [4.69, 9.17) is 10.4 Å². The monoisotopic (exact) mass is 233 g/mol. The molecule has 0 saturated heterocycles. The van der Waals surface area contributed by atoms with Gasteiger partial charge in [0, 0.05) is 19.2 Å². The lowest BCUT2D eigenvalue weighted by molar-refractivity contribution is -0.137. The van der Waals surface area contributed by atoms with Crippen LogP contribution >= 0.6 is 0 Å². The molecular formula is C12H15N3O2. The number of nitrogens with one attached hydrogen (secondary N) is 1. The van der Waals surface area contributed by atoms with Crippen LogP contribution < -0.4 is 5.32 Å². The summed E-state index contributed by atoms with van der Waals surface area (Å²) in [7, 11) is 0. The molecular weight excluding hydrogens is 218 g/mol. The summed E-state index contributed by atoms with van der Waals surface area (Å²) in [6.45, 7) is 0.722. The number of aliphatic carboxylic acids is 1. The second kappa shape index (κ2) is 7.23. The Morgan fingerprint density at radius 1 is 1.47 bits per heavy atom. The van der Waals surface area contributed by atoms with Crippen LogP contribution in [0.5, 0.6) is 0 Å². The second-order valence-corrected chi connectivity index (χ2v) is 3.66. The quantitative estimate of drug-likeness (QED) is 0.703. The van der Waals surface area contributed by atoms with Crippen molar-refractivity contribution in [3.63, 3.8) is 0 Å². The van der Waals surface area contributed by atoms with Crippen LogP contribution in [0.2, 0.25) is 0 Å². The van der Waals surface area contributed by atoms with E-state index in [0.717, 1.165) is 25.1 Å². The highest BCUT2D eigenvalue weighted by Crippen LogP contribution is 2.11. The summed E-state index contributed by atoms with van der Waals surface area (Å²) in [6.07, 6.45) is 5.85. The summed E-state index contributed by atoms with van der Waals surface area (Å²) >= 11 is 0. The van der Waals surface area contributed by atoms with Crippen molar-refractivity contribution in [2.45, 2.75) is 25.7 Å². The number of carbonyl (C=O) groups is 1. The van der Waals surface area contributed by atoms with Gasteiger partial charge in [-0.3, -0.25) is 9.78 Å². The van der Waals surface area contributed by atoms with E-state index in [1.54, 1.807) is 18.5 Å². The predicted octanol–water partition coefficient (Wildman–Crippen LogP) is 2.01. The van der Waals surface area contributed by atoms with Crippen molar-refractivity contribution in [1.29, 1.82) is 5.26 Å². The smallest absolute Gasteiger partial charge is 0.303 e. The van der Waals surface area contributed by atoms with Crippen molar-refractivity contribution in [3.8, 4) is 6.07 Å². The van der Waals surface area contributed by atoms with Crippen molar-refractivity contribution in [1.82, 2.24) is 4.98 Å². The Morgan fingerprint density at radius 3 is 3.00 bits per heavy atom. The average Bonchev–Trinajstić information content (AvgIpc) is 2.33. The number of carboxylic acid groups (broad SMARTS) is 1. The first-order chi connectivity index (χ1) is 8.24. The Balaban J connectivity index is 2.22. The normalized spacial score (nSPS) is 9.59. The fourth-order valence-corrected chi connectivity index (χ4v) is 1.43. The van der Waals surface area contributed by atoms with Crippen LogP contribution in [0.3, 0.4) is 0 Å². The molecule has 1 aromatic rings. The maximum absolute atomic E-state index is 10.3. The molecule has 0 atom stereocenters. The molecule has 1 rings (SSSR count). The van der Waals surface area contributed by atoms with Gasteiger partial charge in [0.05, 0.1) is 17.4 Å². The third-order valence-electron chi connectivity index (χ3n) is 2.32. The molecule has 0 saturated carbocycles. The molecule has 17 heavy (non-hydrogen) atoms. The van der Waals surface area contributed by atoms with E-state index in [9.17, 15) is 4.79 Å². The molecule has 1 heterocycles. The van der Waals surface area contributed by atoms with Crippen LogP contribution in [0, 0.1) is 11.3 Å². The minimum absolute atomic E-state index is 0.219. The first-order valence-corrected chi connectivity index (χ1v) is 5.54. The van der Waals surface area contributed by atoms with Gasteiger partial charge < -0.3 is 10.4 Å². The number of hydrogen-bond donors (Lipinski definition) is 2. The molecule has 5 nitrogen and oxygen atoms in total. The van der Waals surface area contributed by atoms with Gasteiger partial charge >= 0.3 is 5.97 Å².